The quantitative estimate of drug-likeness (QED) is 0.407. The Morgan fingerprint density at radius 3 is 1.00 bits per heavy atom. The fraction of sp³-hybridized carbons (Fsp3) is 0. The van der Waals surface area contributed by atoms with Gasteiger partial charge in [0.25, 0.3) is 0 Å². The van der Waals surface area contributed by atoms with Crippen LogP contribution in [0.4, 0.5) is 0 Å². The van der Waals surface area contributed by atoms with Crippen molar-refractivity contribution in [2.45, 2.75) is 0 Å². The summed E-state index contributed by atoms with van der Waals surface area (Å²) in [6.45, 7) is 0. The summed E-state index contributed by atoms with van der Waals surface area (Å²) in [5, 5.41) is 0. The van der Waals surface area contributed by atoms with Crippen molar-refractivity contribution in [2.75, 3.05) is 0 Å². The van der Waals surface area contributed by atoms with Crippen LogP contribution >= 0.6 is 29.4 Å². The molecular weight excluding hydrogens is 147 g/mol. The molecule has 0 radical (unpaired) electrons. The number of hydrogen-bond acceptors (Lipinski definition) is 0. The Kier molecular flexibility index (Phi) is 171. The van der Waals surface area contributed by atoms with Crippen molar-refractivity contribution in [1.82, 2.24) is 0 Å². The van der Waals surface area contributed by atoms with E-state index in [0.717, 1.165) is 0 Å². The molecule has 4 heavy (non-hydrogen) atoms. The molecule has 0 fully saturated rings. The second-order valence-electron chi connectivity index (χ2n) is 0. The molecule has 0 aliphatic carbocycles. The minimum atomic E-state index is 0. The smallest absolute Gasteiger partial charge is 0.316 e. The Hall–Kier alpha value is 2.13. The molecule has 22 valence electrons. The fourth-order valence-corrected chi connectivity index (χ4v) is 0. The molecule has 4 heteroatoms. The van der Waals surface area contributed by atoms with Crippen LogP contribution in [0.3, 0.4) is 0 Å². The first kappa shape index (κ1) is 35.5. The van der Waals surface area contributed by atoms with Crippen molar-refractivity contribution in [3.8, 4) is 0 Å². The summed E-state index contributed by atoms with van der Waals surface area (Å²) < 4.78 is 0. The van der Waals surface area contributed by atoms with Gasteiger partial charge < -0.3 is 0 Å². The first-order valence-electron chi connectivity index (χ1n) is 0. The Morgan fingerprint density at radius 2 is 1.00 bits per heavy atom. The van der Waals surface area contributed by atoms with Gasteiger partial charge in [0.2, 0.25) is 0 Å². The summed E-state index contributed by atoms with van der Waals surface area (Å²) in [5.41, 5.74) is 0. The molecule has 0 aromatic rings. The van der Waals surface area contributed by atoms with E-state index in [2.05, 4.69) is 0 Å². The molecule has 0 aromatic carbocycles. The van der Waals surface area contributed by atoms with Crippen LogP contribution in [0, 0.1) is 0 Å². The Morgan fingerprint density at radius 1 is 1.00 bits per heavy atom. The van der Waals surface area contributed by atoms with Gasteiger partial charge in [0.05, 0.1) is 0 Å². The zero-order valence-electron chi connectivity index (χ0n) is 0.816. The van der Waals surface area contributed by atoms with Crippen molar-refractivity contribution in [3.05, 3.63) is 0 Å². The summed E-state index contributed by atoms with van der Waals surface area (Å²) in [6.07, 6.45) is 0. The predicted octanol–water partition coefficient (Wildman–Crippen LogP) is -0.565. The van der Waals surface area contributed by atoms with Crippen molar-refractivity contribution < 1.29 is 0 Å². The molecule has 0 bridgehead atoms. The van der Waals surface area contributed by atoms with E-state index in [9.17, 15) is 0 Å². The van der Waals surface area contributed by atoms with Gasteiger partial charge in [-0.1, -0.05) is 0 Å². The minimum absolute atomic E-state index is 0. The van der Waals surface area contributed by atoms with E-state index in [1.165, 1.54) is 0 Å². The topological polar surface area (TPSA) is 0 Å². The van der Waals surface area contributed by atoms with Gasteiger partial charge in [-0.15, -0.1) is 29.4 Å². The van der Waals surface area contributed by atoms with Crippen LogP contribution in [0.5, 0.6) is 0 Å². The van der Waals surface area contributed by atoms with E-state index < -0.39 is 0 Å². The van der Waals surface area contributed by atoms with Gasteiger partial charge in [-0.05, 0) is 0 Å². The molecular formula is H5BrClLiMg. The van der Waals surface area contributed by atoms with Crippen LogP contribution < -0.4 is 0 Å². The molecule has 0 nitrogen and oxygen atoms in total. The van der Waals surface area contributed by atoms with Gasteiger partial charge in [-0.2, -0.15) is 0 Å². The Labute approximate surface area is 70.6 Å². The summed E-state index contributed by atoms with van der Waals surface area (Å²) in [4.78, 5) is 0. The van der Waals surface area contributed by atoms with Crippen LogP contribution in [0.2, 0.25) is 0 Å². The van der Waals surface area contributed by atoms with Crippen LogP contribution in [0.1, 0.15) is 0 Å². The summed E-state index contributed by atoms with van der Waals surface area (Å²) in [5.74, 6) is 0. The van der Waals surface area contributed by atoms with E-state index >= 15 is 0 Å². The third kappa shape index (κ3) is 8.92. The van der Waals surface area contributed by atoms with Crippen LogP contribution in [-0.4, -0.2) is 41.9 Å². The minimum Gasteiger partial charge on any atom is 0.316 e. The standard InChI is InChI=1S/BrH.ClH.Li.Mg.3H/h2*1H;;;;;. The third-order valence-corrected chi connectivity index (χ3v) is 0. The molecule has 0 saturated heterocycles. The first-order chi connectivity index (χ1) is 0. The second-order valence-corrected chi connectivity index (χ2v) is 0. The molecule has 0 amide bonds. The van der Waals surface area contributed by atoms with Crippen molar-refractivity contribution in [2.24, 2.45) is 0 Å². The monoisotopic (exact) mass is 150 g/mol. The molecule has 0 rings (SSSR count). The average molecular weight is 152 g/mol. The number of rotatable bonds is 0. The summed E-state index contributed by atoms with van der Waals surface area (Å²) >= 11 is 0. The fourth-order valence-electron chi connectivity index (χ4n) is 0. The summed E-state index contributed by atoms with van der Waals surface area (Å²) in [7, 11) is 0. The van der Waals surface area contributed by atoms with E-state index in [1.807, 2.05) is 0 Å². The molecule has 0 saturated carbocycles. The van der Waals surface area contributed by atoms with Gasteiger partial charge in [-0.25, -0.2) is 0 Å². The number of hydrogen-bond donors (Lipinski definition) is 0. The molecule has 0 spiro atoms. The average Bonchev–Trinajstić information content (AvgIpc) is 0. The largest absolute Gasteiger partial charge is 0.316 e. The molecule has 0 aromatic heterocycles. The van der Waals surface area contributed by atoms with E-state index in [-0.39, 0.29) is 71.3 Å². The van der Waals surface area contributed by atoms with Gasteiger partial charge >= 0.3 is 41.9 Å². The maximum absolute atomic E-state index is 0. The van der Waals surface area contributed by atoms with Crippen molar-refractivity contribution >= 4 is 71.3 Å². The normalized spacial score (nSPS) is 0. The van der Waals surface area contributed by atoms with E-state index in [1.54, 1.807) is 0 Å². The maximum atomic E-state index is 0. The van der Waals surface area contributed by atoms with E-state index in [0.29, 0.717) is 0 Å². The van der Waals surface area contributed by atoms with Crippen molar-refractivity contribution in [1.29, 1.82) is 0 Å². The Bertz CT molecular complexity index is 8.00. The third-order valence-electron chi connectivity index (χ3n) is 0. The van der Waals surface area contributed by atoms with Crippen LogP contribution in [0.15, 0.2) is 0 Å². The van der Waals surface area contributed by atoms with E-state index in [4.69, 9.17) is 0 Å². The molecule has 0 aliphatic heterocycles. The SMILES string of the molecule is Br.Cl.[LiH].[MgH2]. The Balaban J connectivity index is 0. The molecule has 0 atom stereocenters. The zero-order chi connectivity index (χ0) is 0. The van der Waals surface area contributed by atoms with Crippen molar-refractivity contribution in [3.63, 3.8) is 0 Å². The molecule has 0 N–H and O–H groups in total. The zero-order valence-corrected chi connectivity index (χ0v) is 3.35. The number of halogens is 2. The molecule has 0 heterocycles. The first-order valence-corrected chi connectivity index (χ1v) is 0. The predicted molar refractivity (Wildman–Crippen MR) is 33.3 cm³/mol. The summed E-state index contributed by atoms with van der Waals surface area (Å²) in [6, 6.07) is 0. The second kappa shape index (κ2) is 19.3. The van der Waals surface area contributed by atoms with Gasteiger partial charge in [0.1, 0.15) is 0 Å². The van der Waals surface area contributed by atoms with Gasteiger partial charge in [0.15, 0.2) is 0 Å². The maximum Gasteiger partial charge on any atom is 0.316 e. The van der Waals surface area contributed by atoms with Gasteiger partial charge in [-0.3, -0.25) is 0 Å². The van der Waals surface area contributed by atoms with Crippen LogP contribution in [-0.2, 0) is 0 Å². The van der Waals surface area contributed by atoms with Gasteiger partial charge in [0, 0.05) is 0 Å². The molecule has 0 aliphatic rings. The molecule has 0 unspecified atom stereocenters. The van der Waals surface area contributed by atoms with Crippen LogP contribution in [0.25, 0.3) is 0 Å².